The van der Waals surface area contributed by atoms with Crippen LogP contribution in [0.2, 0.25) is 0 Å². The molecule has 1 heteroatoms. The van der Waals surface area contributed by atoms with Gasteiger partial charge in [-0.2, -0.15) is 0 Å². The van der Waals surface area contributed by atoms with Crippen molar-refractivity contribution < 1.29 is 0 Å². The van der Waals surface area contributed by atoms with Crippen molar-refractivity contribution >= 4 is 23.2 Å². The van der Waals surface area contributed by atoms with E-state index >= 15 is 0 Å². The molecule has 0 aromatic heterocycles. The van der Waals surface area contributed by atoms with Gasteiger partial charge in [-0.25, -0.2) is 0 Å². The fourth-order valence-corrected chi connectivity index (χ4v) is 10.2. The minimum absolute atomic E-state index is 0.519. The topological polar surface area (TPSA) is 0 Å². The molecule has 0 saturated carbocycles. The maximum atomic E-state index is 2.41. The summed E-state index contributed by atoms with van der Waals surface area (Å²) in [5, 5.41) is 4.45. The molecule has 4 aromatic carbocycles. The Kier molecular flexibility index (Phi) is 4.82. The van der Waals surface area contributed by atoms with Gasteiger partial charge in [0.1, 0.15) is 28.8 Å². The Bertz CT molecular complexity index is 1000. The number of fused-ring (bicyclic) bond motifs is 1. The quantitative estimate of drug-likeness (QED) is 0.374. The summed E-state index contributed by atoms with van der Waals surface area (Å²) in [4.78, 5) is 0. The summed E-state index contributed by atoms with van der Waals surface area (Å²) in [5.74, 6) is 0. The Morgan fingerprint density at radius 2 is 1.10 bits per heavy atom. The van der Waals surface area contributed by atoms with E-state index in [1.54, 1.807) is 11.1 Å². The third kappa shape index (κ3) is 3.04. The lowest BCUT2D eigenvalue weighted by Crippen LogP contribution is -2.34. The molecule has 0 aliphatic heterocycles. The minimum atomic E-state index is -1.85. The zero-order valence-electron chi connectivity index (χ0n) is 16.8. The van der Waals surface area contributed by atoms with Crippen molar-refractivity contribution in [3.05, 3.63) is 126 Å². The molecule has 5 rings (SSSR count). The molecular weight excluding hydrogens is 367 g/mol. The van der Waals surface area contributed by atoms with Gasteiger partial charge in [0, 0.05) is 0 Å². The summed E-state index contributed by atoms with van der Waals surface area (Å²) in [6.45, 7) is 2.21. The van der Waals surface area contributed by atoms with Crippen molar-refractivity contribution in [3.8, 4) is 0 Å². The second-order valence-corrected chi connectivity index (χ2v) is 11.6. The lowest BCUT2D eigenvalue weighted by molar-refractivity contribution is 0.880. The molecule has 4 aromatic rings. The van der Waals surface area contributed by atoms with E-state index in [0.29, 0.717) is 5.66 Å². The summed E-state index contributed by atoms with van der Waals surface area (Å²) in [6.07, 6.45) is 2.39. The Hall–Kier alpha value is -2.69. The highest BCUT2D eigenvalue weighted by molar-refractivity contribution is 7.96. The number of hydrogen-bond acceptors (Lipinski definition) is 0. The van der Waals surface area contributed by atoms with E-state index < -0.39 is 7.26 Å². The van der Waals surface area contributed by atoms with Crippen molar-refractivity contribution in [2.24, 2.45) is 0 Å². The van der Waals surface area contributed by atoms with Gasteiger partial charge >= 0.3 is 0 Å². The first kappa shape index (κ1) is 18.3. The van der Waals surface area contributed by atoms with Gasteiger partial charge in [0.2, 0.25) is 0 Å². The Balaban J connectivity index is 1.85. The van der Waals surface area contributed by atoms with Crippen LogP contribution in [0.5, 0.6) is 0 Å². The fraction of sp³-hybridized carbons (Fsp3) is 0.143. The molecule has 0 heterocycles. The number of benzene rings is 4. The van der Waals surface area contributed by atoms with E-state index in [-0.39, 0.29) is 0 Å². The lowest BCUT2D eigenvalue weighted by atomic mass is 10.1. The van der Waals surface area contributed by atoms with Crippen LogP contribution in [0.4, 0.5) is 0 Å². The van der Waals surface area contributed by atoms with Gasteiger partial charge in [0.15, 0.2) is 0 Å². The fourth-order valence-electron chi connectivity index (χ4n) is 5.10. The van der Waals surface area contributed by atoms with Crippen LogP contribution in [0.25, 0.3) is 0 Å². The number of aryl methyl sites for hydroxylation is 2. The first-order valence-corrected chi connectivity index (χ1v) is 12.3. The van der Waals surface area contributed by atoms with Crippen molar-refractivity contribution in [1.82, 2.24) is 0 Å². The monoisotopic (exact) mass is 393 g/mol. The third-order valence-corrected chi connectivity index (χ3v) is 11.1. The molecule has 1 unspecified atom stereocenters. The lowest BCUT2D eigenvalue weighted by Gasteiger charge is -2.33. The summed E-state index contributed by atoms with van der Waals surface area (Å²) in [6, 6.07) is 41.0. The van der Waals surface area contributed by atoms with Gasteiger partial charge in [-0.15, -0.1) is 0 Å². The largest absolute Gasteiger partial charge is 0.119 e. The first-order chi connectivity index (χ1) is 14.3. The van der Waals surface area contributed by atoms with Gasteiger partial charge in [-0.3, -0.25) is 0 Å². The van der Waals surface area contributed by atoms with Gasteiger partial charge in [-0.05, 0) is 67.3 Å². The Morgan fingerprint density at radius 3 is 1.59 bits per heavy atom. The zero-order valence-corrected chi connectivity index (χ0v) is 17.7. The third-order valence-electron chi connectivity index (χ3n) is 6.30. The van der Waals surface area contributed by atoms with Crippen LogP contribution in [0, 0.1) is 6.92 Å². The van der Waals surface area contributed by atoms with Gasteiger partial charge in [-0.1, -0.05) is 78.4 Å². The second kappa shape index (κ2) is 7.62. The van der Waals surface area contributed by atoms with Crippen LogP contribution in [0.15, 0.2) is 109 Å². The Morgan fingerprint density at radius 1 is 0.621 bits per heavy atom. The second-order valence-electron chi connectivity index (χ2n) is 7.99. The molecule has 0 radical (unpaired) electrons. The highest BCUT2D eigenvalue weighted by atomic mass is 31.2. The van der Waals surface area contributed by atoms with Crippen molar-refractivity contribution in [2.75, 3.05) is 0 Å². The maximum Gasteiger partial charge on any atom is 0.119 e. The summed E-state index contributed by atoms with van der Waals surface area (Å²) in [5.41, 5.74) is 4.99. The molecule has 0 amide bonds. The summed E-state index contributed by atoms with van der Waals surface area (Å²) >= 11 is 0. The molecule has 0 spiro atoms. The average molecular weight is 393 g/mol. The van der Waals surface area contributed by atoms with Crippen molar-refractivity contribution in [3.63, 3.8) is 0 Å². The van der Waals surface area contributed by atoms with Gasteiger partial charge < -0.3 is 0 Å². The highest BCUT2D eigenvalue weighted by Gasteiger charge is 2.54. The number of hydrogen-bond donors (Lipinski definition) is 0. The molecule has 0 nitrogen and oxygen atoms in total. The van der Waals surface area contributed by atoms with Crippen LogP contribution < -0.4 is 15.9 Å². The predicted octanol–water partition coefficient (Wildman–Crippen LogP) is 5.98. The first-order valence-electron chi connectivity index (χ1n) is 10.4. The zero-order chi connectivity index (χ0) is 19.7. The van der Waals surface area contributed by atoms with E-state index in [2.05, 4.69) is 116 Å². The van der Waals surface area contributed by atoms with E-state index in [9.17, 15) is 0 Å². The van der Waals surface area contributed by atoms with Crippen LogP contribution in [-0.2, 0) is 6.42 Å². The molecule has 0 fully saturated rings. The molecule has 0 saturated heterocycles. The van der Waals surface area contributed by atoms with Crippen molar-refractivity contribution in [1.29, 1.82) is 0 Å². The van der Waals surface area contributed by atoms with E-state index in [1.165, 1.54) is 34.3 Å². The summed E-state index contributed by atoms with van der Waals surface area (Å²) in [7, 11) is -1.85. The van der Waals surface area contributed by atoms with Crippen LogP contribution >= 0.6 is 7.26 Å². The SMILES string of the molecule is Cc1ccc2c(c1)CCC2[P+](c1ccccc1)(c1ccccc1)c1ccccc1. The number of rotatable bonds is 4. The molecular formula is C28H26P+. The molecule has 1 aliphatic rings. The smallest absolute Gasteiger partial charge is 0.0620 e. The van der Waals surface area contributed by atoms with Crippen LogP contribution in [0.1, 0.15) is 28.8 Å². The Labute approximate surface area is 174 Å². The molecule has 29 heavy (non-hydrogen) atoms. The van der Waals surface area contributed by atoms with Gasteiger partial charge in [0.25, 0.3) is 0 Å². The van der Waals surface area contributed by atoms with Crippen LogP contribution in [0.3, 0.4) is 0 Å². The average Bonchev–Trinajstić information content (AvgIpc) is 3.20. The molecule has 142 valence electrons. The minimum Gasteiger partial charge on any atom is -0.0620 e. The van der Waals surface area contributed by atoms with E-state index in [1.807, 2.05) is 0 Å². The molecule has 1 aliphatic carbocycles. The highest BCUT2D eigenvalue weighted by Crippen LogP contribution is 2.70. The normalized spacial score (nSPS) is 15.8. The standard InChI is InChI=1S/C28H26P/c1-22-17-19-27-23(21-22)18-20-28(27)29(24-11-5-2-6-12-24,25-13-7-3-8-14-25)26-15-9-4-10-16-26/h2-17,19,21,28H,18,20H2,1H3/q+1. The molecule has 0 N–H and O–H groups in total. The van der Waals surface area contributed by atoms with Gasteiger partial charge in [0.05, 0.1) is 0 Å². The molecule has 0 bridgehead atoms. The van der Waals surface area contributed by atoms with Crippen LogP contribution in [-0.4, -0.2) is 0 Å². The van der Waals surface area contributed by atoms with E-state index in [4.69, 9.17) is 0 Å². The maximum absolute atomic E-state index is 2.41. The van der Waals surface area contributed by atoms with Crippen molar-refractivity contribution in [2.45, 2.75) is 25.4 Å². The molecule has 1 atom stereocenters. The predicted molar refractivity (Wildman–Crippen MR) is 127 cm³/mol. The summed E-state index contributed by atoms with van der Waals surface area (Å²) < 4.78 is 0. The van der Waals surface area contributed by atoms with E-state index in [0.717, 1.165) is 0 Å².